The van der Waals surface area contributed by atoms with E-state index in [2.05, 4.69) is 5.32 Å². The quantitative estimate of drug-likeness (QED) is 0.443. The molecule has 1 heterocycles. The van der Waals surface area contributed by atoms with Crippen LogP contribution in [-0.2, 0) is 14.4 Å². The molecular weight excluding hydrogens is 492 g/mol. The maximum absolute atomic E-state index is 12.9. The fourth-order valence-corrected chi connectivity index (χ4v) is 5.14. The normalized spacial score (nSPS) is 14.6. The van der Waals surface area contributed by atoms with Crippen LogP contribution in [0.4, 0.5) is 4.79 Å². The van der Waals surface area contributed by atoms with E-state index in [0.29, 0.717) is 10.8 Å². The number of rotatable bonds is 8. The summed E-state index contributed by atoms with van der Waals surface area (Å²) in [5.41, 5.74) is 4.67. The van der Waals surface area contributed by atoms with Crippen LogP contribution < -0.4 is 5.32 Å². The molecule has 2 aliphatic rings. The van der Waals surface area contributed by atoms with Crippen LogP contribution in [0.15, 0.2) is 72.8 Å². The number of hydrogen-bond donors (Lipinski definition) is 1. The molecule has 0 fully saturated rings. The first-order valence-corrected chi connectivity index (χ1v) is 13.2. The maximum Gasteiger partial charge on any atom is 0.407 e. The zero-order valence-electron chi connectivity index (χ0n) is 20.0. The second-order valence-electron chi connectivity index (χ2n) is 8.66. The number of carbonyl (C=O) groups is 4. The number of ether oxygens (including phenoxy) is 1. The van der Waals surface area contributed by atoms with E-state index < -0.39 is 29.9 Å². The van der Waals surface area contributed by atoms with E-state index in [1.54, 1.807) is 12.1 Å². The van der Waals surface area contributed by atoms with Crippen LogP contribution in [0.3, 0.4) is 0 Å². The summed E-state index contributed by atoms with van der Waals surface area (Å²) in [5.74, 6) is -1.96. The molecular formula is C28H24N2O6S. The van der Waals surface area contributed by atoms with Gasteiger partial charge in [-0.25, -0.2) is 9.59 Å². The largest absolute Gasteiger partial charge is 0.449 e. The minimum Gasteiger partial charge on any atom is -0.449 e. The van der Waals surface area contributed by atoms with Crippen molar-refractivity contribution in [2.24, 2.45) is 0 Å². The van der Waals surface area contributed by atoms with Crippen LogP contribution in [0, 0.1) is 0 Å². The molecule has 0 radical (unpaired) electrons. The number of fused-ring (bicyclic) bond motifs is 4. The Morgan fingerprint density at radius 3 is 1.92 bits per heavy atom. The number of imide groups is 1. The third-order valence-corrected chi connectivity index (χ3v) is 7.11. The van der Waals surface area contributed by atoms with Crippen LogP contribution >= 0.6 is 11.8 Å². The van der Waals surface area contributed by atoms with Gasteiger partial charge in [0.1, 0.15) is 12.6 Å². The molecule has 8 nitrogen and oxygen atoms in total. The third-order valence-electron chi connectivity index (χ3n) is 6.47. The molecule has 5 rings (SSSR count). The summed E-state index contributed by atoms with van der Waals surface area (Å²) in [6.45, 7) is 0.0859. The Bertz CT molecular complexity index is 1310. The summed E-state index contributed by atoms with van der Waals surface area (Å²) in [6, 6.07) is 21.1. The number of nitrogens with one attached hydrogen (secondary N) is 1. The predicted octanol–water partition coefficient (Wildman–Crippen LogP) is 4.40. The zero-order chi connectivity index (χ0) is 25.9. The van der Waals surface area contributed by atoms with Crippen molar-refractivity contribution < 1.29 is 28.8 Å². The average Bonchev–Trinajstić information content (AvgIpc) is 3.37. The molecule has 1 unspecified atom stereocenters. The summed E-state index contributed by atoms with van der Waals surface area (Å²) in [6.07, 6.45) is 1.31. The Labute approximate surface area is 217 Å². The predicted molar refractivity (Wildman–Crippen MR) is 138 cm³/mol. The fourth-order valence-electron chi connectivity index (χ4n) is 4.67. The standard InChI is InChI=1S/C28H24N2O6S/c1-37-15-14-24(27(33)36-30-25(31)21-12-6-7-13-22(21)26(30)32)29-28(34)35-16-23-19-10-4-2-8-17(19)18-9-3-5-11-20(18)23/h2-13,23-24H,14-16H2,1H3,(H,29,34). The van der Waals surface area contributed by atoms with Gasteiger partial charge in [-0.05, 0) is 52.8 Å². The van der Waals surface area contributed by atoms with Crippen molar-refractivity contribution in [3.8, 4) is 11.1 Å². The van der Waals surface area contributed by atoms with Gasteiger partial charge in [0.2, 0.25) is 0 Å². The SMILES string of the molecule is CSCCC(NC(=O)OCC1c2ccccc2-c2ccccc21)C(=O)ON1C(=O)c2ccccc2C1=O. The average molecular weight is 517 g/mol. The van der Waals surface area contributed by atoms with Gasteiger partial charge in [0.15, 0.2) is 0 Å². The number of hydrogen-bond acceptors (Lipinski definition) is 7. The van der Waals surface area contributed by atoms with Crippen molar-refractivity contribution in [2.45, 2.75) is 18.4 Å². The van der Waals surface area contributed by atoms with E-state index in [1.807, 2.05) is 54.8 Å². The van der Waals surface area contributed by atoms with Crippen molar-refractivity contribution in [2.75, 3.05) is 18.6 Å². The molecule has 0 aromatic heterocycles. The fraction of sp³-hybridized carbons (Fsp3) is 0.214. The second kappa shape index (κ2) is 10.5. The van der Waals surface area contributed by atoms with E-state index in [4.69, 9.17) is 9.57 Å². The van der Waals surface area contributed by atoms with Crippen LogP contribution in [-0.4, -0.2) is 53.6 Å². The molecule has 1 aliphatic heterocycles. The topological polar surface area (TPSA) is 102 Å². The molecule has 1 atom stereocenters. The van der Waals surface area contributed by atoms with Gasteiger partial charge in [0.25, 0.3) is 11.8 Å². The molecule has 3 aromatic carbocycles. The van der Waals surface area contributed by atoms with Gasteiger partial charge < -0.3 is 14.9 Å². The number of amides is 3. The van der Waals surface area contributed by atoms with Crippen LogP contribution in [0.1, 0.15) is 44.2 Å². The molecule has 0 saturated carbocycles. The minimum absolute atomic E-state index is 0.0859. The molecule has 0 bridgehead atoms. The molecule has 0 spiro atoms. The maximum atomic E-state index is 12.9. The van der Waals surface area contributed by atoms with Crippen LogP contribution in [0.2, 0.25) is 0 Å². The van der Waals surface area contributed by atoms with Crippen LogP contribution in [0.25, 0.3) is 11.1 Å². The van der Waals surface area contributed by atoms with E-state index in [1.165, 1.54) is 23.9 Å². The Morgan fingerprint density at radius 1 is 0.865 bits per heavy atom. The smallest absolute Gasteiger partial charge is 0.407 e. The first kappa shape index (κ1) is 24.6. The van der Waals surface area contributed by atoms with Crippen molar-refractivity contribution in [3.05, 3.63) is 95.1 Å². The van der Waals surface area contributed by atoms with Gasteiger partial charge in [-0.2, -0.15) is 11.8 Å². The monoisotopic (exact) mass is 516 g/mol. The Hall–Kier alpha value is -4.11. The molecule has 1 aliphatic carbocycles. The number of hydroxylamine groups is 2. The Morgan fingerprint density at radius 2 is 1.38 bits per heavy atom. The van der Waals surface area contributed by atoms with Gasteiger partial charge in [-0.15, -0.1) is 0 Å². The highest BCUT2D eigenvalue weighted by Crippen LogP contribution is 2.44. The third kappa shape index (κ3) is 4.70. The first-order valence-electron chi connectivity index (χ1n) is 11.8. The van der Waals surface area contributed by atoms with E-state index in [0.717, 1.165) is 22.3 Å². The molecule has 37 heavy (non-hydrogen) atoms. The highest BCUT2D eigenvalue weighted by Gasteiger charge is 2.40. The summed E-state index contributed by atoms with van der Waals surface area (Å²) in [7, 11) is 0. The first-order chi connectivity index (χ1) is 18.0. The minimum atomic E-state index is -1.10. The van der Waals surface area contributed by atoms with E-state index in [-0.39, 0.29) is 30.1 Å². The van der Waals surface area contributed by atoms with Gasteiger partial charge in [-0.1, -0.05) is 65.7 Å². The lowest BCUT2D eigenvalue weighted by Gasteiger charge is -2.20. The Kier molecular flexibility index (Phi) is 6.96. The van der Waals surface area contributed by atoms with Gasteiger partial charge in [0.05, 0.1) is 11.1 Å². The lowest BCUT2D eigenvalue weighted by atomic mass is 9.98. The van der Waals surface area contributed by atoms with Gasteiger partial charge in [0, 0.05) is 5.92 Å². The summed E-state index contributed by atoms with van der Waals surface area (Å²) in [5, 5.41) is 2.99. The van der Waals surface area contributed by atoms with Crippen molar-refractivity contribution in [3.63, 3.8) is 0 Å². The zero-order valence-corrected chi connectivity index (χ0v) is 20.8. The number of nitrogens with zero attached hydrogens (tertiary/aromatic N) is 1. The van der Waals surface area contributed by atoms with Gasteiger partial charge >= 0.3 is 12.1 Å². The molecule has 3 amide bonds. The summed E-state index contributed by atoms with van der Waals surface area (Å²) in [4.78, 5) is 56.0. The highest BCUT2D eigenvalue weighted by molar-refractivity contribution is 7.98. The highest BCUT2D eigenvalue weighted by atomic mass is 32.2. The van der Waals surface area contributed by atoms with Gasteiger partial charge in [-0.3, -0.25) is 9.59 Å². The Balaban J connectivity index is 1.25. The van der Waals surface area contributed by atoms with E-state index >= 15 is 0 Å². The molecule has 188 valence electrons. The molecule has 9 heteroatoms. The summed E-state index contributed by atoms with van der Waals surface area (Å²) >= 11 is 1.48. The van der Waals surface area contributed by atoms with Crippen molar-refractivity contribution in [1.29, 1.82) is 0 Å². The lowest BCUT2D eigenvalue weighted by Crippen LogP contribution is -2.46. The van der Waals surface area contributed by atoms with E-state index in [9.17, 15) is 19.2 Å². The van der Waals surface area contributed by atoms with Crippen LogP contribution in [0.5, 0.6) is 0 Å². The number of carbonyl (C=O) groups excluding carboxylic acids is 4. The number of benzene rings is 3. The second-order valence-corrected chi connectivity index (χ2v) is 9.65. The lowest BCUT2D eigenvalue weighted by molar-refractivity contribution is -0.171. The molecule has 1 N–H and O–H groups in total. The molecule has 0 saturated heterocycles. The van der Waals surface area contributed by atoms with Crippen molar-refractivity contribution >= 4 is 35.6 Å². The number of thioether (sulfide) groups is 1. The molecule has 3 aromatic rings. The number of alkyl carbamates (subject to hydrolysis) is 1. The van der Waals surface area contributed by atoms with Crippen molar-refractivity contribution in [1.82, 2.24) is 10.4 Å². The summed E-state index contributed by atoms with van der Waals surface area (Å²) < 4.78 is 5.55.